The second-order valence-corrected chi connectivity index (χ2v) is 5.84. The monoisotopic (exact) mass is 374 g/mol. The van der Waals surface area contributed by atoms with E-state index in [4.69, 9.17) is 15.6 Å². The molecule has 2 rings (SSSR count). The third-order valence-corrected chi connectivity index (χ3v) is 3.65. The van der Waals surface area contributed by atoms with Crippen molar-refractivity contribution < 1.29 is 28.6 Å². The molecule has 4 N–H and O–H groups in total. The Balaban J connectivity index is 1.90. The summed E-state index contributed by atoms with van der Waals surface area (Å²) in [5.41, 5.74) is 5.65. The number of aliphatic carboxylic acids is 1. The van der Waals surface area contributed by atoms with Gasteiger partial charge in [0.25, 0.3) is 0 Å². The first-order valence-corrected chi connectivity index (χ1v) is 8.16. The Hall–Kier alpha value is -3.42. The molecule has 2 aromatic rings. The number of carbonyl (C=O) groups is 3. The Kier molecular flexibility index (Phi) is 6.87. The lowest BCUT2D eigenvalue weighted by Gasteiger charge is -2.14. The normalized spacial score (nSPS) is 11.4. The van der Waals surface area contributed by atoms with Crippen molar-refractivity contribution in [2.75, 3.05) is 0 Å². The van der Waals surface area contributed by atoms with Crippen molar-refractivity contribution in [3.63, 3.8) is 0 Å². The summed E-state index contributed by atoms with van der Waals surface area (Å²) in [5.74, 6) is -1.73. The summed E-state index contributed by atoms with van der Waals surface area (Å²) in [6, 6.07) is 11.0. The van der Waals surface area contributed by atoms with Crippen LogP contribution < -0.4 is 15.8 Å². The van der Waals surface area contributed by atoms with E-state index < -0.39 is 23.8 Å². The minimum Gasteiger partial charge on any atom is -0.480 e. The van der Waals surface area contributed by atoms with Crippen molar-refractivity contribution in [3.8, 4) is 11.5 Å². The lowest BCUT2D eigenvalue weighted by atomic mass is 10.1. The van der Waals surface area contributed by atoms with Crippen molar-refractivity contribution in [2.45, 2.75) is 25.3 Å². The Morgan fingerprint density at radius 3 is 2.11 bits per heavy atom. The largest absolute Gasteiger partial charge is 0.480 e. The summed E-state index contributed by atoms with van der Waals surface area (Å²) >= 11 is 0. The molecule has 8 heteroatoms. The van der Waals surface area contributed by atoms with Crippen LogP contribution in [0.5, 0.6) is 11.5 Å². The van der Waals surface area contributed by atoms with Crippen LogP contribution in [0.2, 0.25) is 0 Å². The molecule has 0 radical (unpaired) electrons. The molecular formula is C19H19FN2O5. The van der Waals surface area contributed by atoms with Gasteiger partial charge in [-0.25, -0.2) is 9.18 Å². The standard InChI is InChI=1S/C19H19FN2O5/c20-13-3-7-15(8-4-13)27-14-5-1-12(2-6-14)11-18(24)22-16(19(25)26)9-10-17(21)23/h1-8,16H,9-11H2,(H2,21,23)(H,22,24)(H,25,26)/t16-/m0/s1. The van der Waals surface area contributed by atoms with E-state index in [0.717, 1.165) is 0 Å². The maximum absolute atomic E-state index is 12.9. The van der Waals surface area contributed by atoms with Crippen molar-refractivity contribution in [2.24, 2.45) is 5.73 Å². The molecule has 0 saturated heterocycles. The number of carbonyl (C=O) groups excluding carboxylic acids is 2. The molecule has 0 heterocycles. The summed E-state index contributed by atoms with van der Waals surface area (Å²) in [6.07, 6.45) is -0.231. The second kappa shape index (κ2) is 9.33. The van der Waals surface area contributed by atoms with Gasteiger partial charge >= 0.3 is 5.97 Å². The zero-order chi connectivity index (χ0) is 19.8. The zero-order valence-electron chi connectivity index (χ0n) is 14.4. The second-order valence-electron chi connectivity index (χ2n) is 5.84. The Bertz CT molecular complexity index is 806. The van der Waals surface area contributed by atoms with Gasteiger partial charge in [0, 0.05) is 6.42 Å². The van der Waals surface area contributed by atoms with Crippen LogP contribution in [0.1, 0.15) is 18.4 Å². The van der Waals surface area contributed by atoms with Gasteiger partial charge in [0.05, 0.1) is 6.42 Å². The Labute approximate surface area is 154 Å². The molecule has 0 aliphatic rings. The first kappa shape index (κ1) is 19.9. The number of amides is 2. The number of hydrogen-bond donors (Lipinski definition) is 3. The van der Waals surface area contributed by atoms with Gasteiger partial charge in [-0.2, -0.15) is 0 Å². The van der Waals surface area contributed by atoms with Crippen LogP contribution in [-0.4, -0.2) is 28.9 Å². The number of ether oxygens (including phenoxy) is 1. The molecule has 0 aliphatic heterocycles. The summed E-state index contributed by atoms with van der Waals surface area (Å²) in [7, 11) is 0. The lowest BCUT2D eigenvalue weighted by Crippen LogP contribution is -2.42. The van der Waals surface area contributed by atoms with Crippen molar-refractivity contribution >= 4 is 17.8 Å². The molecular weight excluding hydrogens is 355 g/mol. The van der Waals surface area contributed by atoms with Gasteiger partial charge < -0.3 is 20.9 Å². The maximum atomic E-state index is 12.9. The average molecular weight is 374 g/mol. The first-order chi connectivity index (χ1) is 12.8. The van der Waals surface area contributed by atoms with E-state index in [9.17, 15) is 18.8 Å². The fourth-order valence-electron chi connectivity index (χ4n) is 2.29. The predicted molar refractivity (Wildman–Crippen MR) is 94.6 cm³/mol. The number of rotatable bonds is 9. The number of nitrogens with two attached hydrogens (primary N) is 1. The maximum Gasteiger partial charge on any atom is 0.326 e. The molecule has 0 aliphatic carbocycles. The highest BCUT2D eigenvalue weighted by atomic mass is 19.1. The highest BCUT2D eigenvalue weighted by Gasteiger charge is 2.20. The number of carboxylic acids is 1. The molecule has 0 saturated carbocycles. The van der Waals surface area contributed by atoms with E-state index >= 15 is 0 Å². The first-order valence-electron chi connectivity index (χ1n) is 8.16. The van der Waals surface area contributed by atoms with Crippen LogP contribution in [0.25, 0.3) is 0 Å². The van der Waals surface area contributed by atoms with Gasteiger partial charge in [-0.15, -0.1) is 0 Å². The summed E-state index contributed by atoms with van der Waals surface area (Å²) in [6.45, 7) is 0. The van der Waals surface area contributed by atoms with Crippen molar-refractivity contribution in [1.29, 1.82) is 0 Å². The van der Waals surface area contributed by atoms with E-state index in [-0.39, 0.29) is 25.1 Å². The smallest absolute Gasteiger partial charge is 0.326 e. The molecule has 7 nitrogen and oxygen atoms in total. The minimum atomic E-state index is -1.23. The Morgan fingerprint density at radius 2 is 1.59 bits per heavy atom. The zero-order valence-corrected chi connectivity index (χ0v) is 14.4. The van der Waals surface area contributed by atoms with E-state index in [2.05, 4.69) is 5.32 Å². The Morgan fingerprint density at radius 1 is 1.04 bits per heavy atom. The highest BCUT2D eigenvalue weighted by molar-refractivity contribution is 5.85. The number of primary amides is 1. The third kappa shape index (κ3) is 6.77. The van der Waals surface area contributed by atoms with Gasteiger partial charge in [0.2, 0.25) is 11.8 Å². The van der Waals surface area contributed by atoms with E-state index in [1.165, 1.54) is 24.3 Å². The fraction of sp³-hybridized carbons (Fsp3) is 0.211. The van der Waals surface area contributed by atoms with Gasteiger partial charge in [0.15, 0.2) is 0 Å². The van der Waals surface area contributed by atoms with Gasteiger partial charge in [-0.05, 0) is 48.4 Å². The molecule has 0 bridgehead atoms. The van der Waals surface area contributed by atoms with Crippen molar-refractivity contribution in [1.82, 2.24) is 5.32 Å². The summed E-state index contributed by atoms with van der Waals surface area (Å²) < 4.78 is 18.4. The molecule has 2 aromatic carbocycles. The van der Waals surface area contributed by atoms with Crippen LogP contribution >= 0.6 is 0 Å². The van der Waals surface area contributed by atoms with Crippen LogP contribution in [0.15, 0.2) is 48.5 Å². The number of nitrogens with one attached hydrogen (secondary N) is 1. The quantitative estimate of drug-likeness (QED) is 0.620. The van der Waals surface area contributed by atoms with Crippen LogP contribution in [-0.2, 0) is 20.8 Å². The number of benzene rings is 2. The number of hydrogen-bond acceptors (Lipinski definition) is 4. The highest BCUT2D eigenvalue weighted by Crippen LogP contribution is 2.22. The molecule has 0 spiro atoms. The molecule has 2 amide bonds. The number of halogens is 1. The average Bonchev–Trinajstić information content (AvgIpc) is 2.62. The third-order valence-electron chi connectivity index (χ3n) is 3.65. The van der Waals surface area contributed by atoms with Crippen LogP contribution in [0, 0.1) is 5.82 Å². The minimum absolute atomic E-state index is 0.0306. The van der Waals surface area contributed by atoms with E-state index in [0.29, 0.717) is 17.1 Å². The van der Waals surface area contributed by atoms with E-state index in [1.807, 2.05) is 0 Å². The molecule has 0 fully saturated rings. The van der Waals surface area contributed by atoms with Gasteiger partial charge in [-0.1, -0.05) is 12.1 Å². The van der Waals surface area contributed by atoms with Crippen molar-refractivity contribution in [3.05, 3.63) is 59.9 Å². The SMILES string of the molecule is NC(=O)CC[C@H](NC(=O)Cc1ccc(Oc2ccc(F)cc2)cc1)C(=O)O. The van der Waals surface area contributed by atoms with Crippen LogP contribution in [0.4, 0.5) is 4.39 Å². The van der Waals surface area contributed by atoms with Crippen LogP contribution in [0.3, 0.4) is 0 Å². The predicted octanol–water partition coefficient (Wildman–Crippen LogP) is 2.00. The van der Waals surface area contributed by atoms with Gasteiger partial charge in [-0.3, -0.25) is 9.59 Å². The number of carboxylic acid groups (broad SMARTS) is 1. The summed E-state index contributed by atoms with van der Waals surface area (Å²) in [4.78, 5) is 33.9. The molecule has 1 atom stereocenters. The van der Waals surface area contributed by atoms with Gasteiger partial charge in [0.1, 0.15) is 23.4 Å². The van der Waals surface area contributed by atoms with E-state index in [1.54, 1.807) is 24.3 Å². The topological polar surface area (TPSA) is 119 Å². The summed E-state index contributed by atoms with van der Waals surface area (Å²) in [5, 5.41) is 11.5. The molecule has 142 valence electrons. The molecule has 0 unspecified atom stereocenters. The fourth-order valence-corrected chi connectivity index (χ4v) is 2.29. The molecule has 27 heavy (non-hydrogen) atoms. The lowest BCUT2D eigenvalue weighted by molar-refractivity contribution is -0.142. The molecule has 0 aromatic heterocycles.